The first kappa shape index (κ1) is 19.0. The highest BCUT2D eigenvalue weighted by atomic mass is 16.4. The van der Waals surface area contributed by atoms with Gasteiger partial charge < -0.3 is 15.1 Å². The SMILES string of the molecule is CCN(c1ccc(C(=O)c2ccccc2C(=O)O)c(O)c1)C1CCCCC1. The number of carbonyl (C=O) groups is 2. The summed E-state index contributed by atoms with van der Waals surface area (Å²) in [5.74, 6) is -1.77. The molecule has 0 radical (unpaired) electrons. The Hall–Kier alpha value is -2.82. The number of benzene rings is 2. The third kappa shape index (κ3) is 3.97. The van der Waals surface area contributed by atoms with Gasteiger partial charge in [0.05, 0.1) is 11.1 Å². The molecule has 0 aliphatic heterocycles. The fraction of sp³-hybridized carbons (Fsp3) is 0.364. The van der Waals surface area contributed by atoms with Crippen LogP contribution >= 0.6 is 0 Å². The summed E-state index contributed by atoms with van der Waals surface area (Å²) in [6.45, 7) is 2.92. The van der Waals surface area contributed by atoms with Crippen molar-refractivity contribution in [3.63, 3.8) is 0 Å². The molecule has 2 N–H and O–H groups in total. The van der Waals surface area contributed by atoms with Crippen LogP contribution in [0.4, 0.5) is 5.69 Å². The molecular formula is C22H25NO4. The van der Waals surface area contributed by atoms with Crippen LogP contribution in [-0.4, -0.2) is 34.6 Å². The van der Waals surface area contributed by atoms with Crippen LogP contribution in [0.3, 0.4) is 0 Å². The van der Waals surface area contributed by atoms with Gasteiger partial charge in [-0.25, -0.2) is 4.79 Å². The predicted molar refractivity (Wildman–Crippen MR) is 105 cm³/mol. The number of carboxylic acids is 1. The Morgan fingerprint density at radius 2 is 1.67 bits per heavy atom. The van der Waals surface area contributed by atoms with Gasteiger partial charge in [-0.15, -0.1) is 0 Å². The first-order valence-electron chi connectivity index (χ1n) is 9.49. The summed E-state index contributed by atoms with van der Waals surface area (Å²) < 4.78 is 0. The van der Waals surface area contributed by atoms with Crippen molar-refractivity contribution in [3.8, 4) is 5.75 Å². The molecule has 3 rings (SSSR count). The number of hydrogen-bond acceptors (Lipinski definition) is 4. The molecule has 2 aromatic rings. The summed E-state index contributed by atoms with van der Waals surface area (Å²) in [5.41, 5.74) is 1.02. The van der Waals surface area contributed by atoms with Gasteiger partial charge in [0.15, 0.2) is 5.78 Å². The minimum Gasteiger partial charge on any atom is -0.507 e. The second kappa shape index (κ2) is 8.25. The topological polar surface area (TPSA) is 77.8 Å². The van der Waals surface area contributed by atoms with Gasteiger partial charge in [0.1, 0.15) is 5.75 Å². The highest BCUT2D eigenvalue weighted by Gasteiger charge is 2.23. The van der Waals surface area contributed by atoms with E-state index in [4.69, 9.17) is 0 Å². The minimum atomic E-state index is -1.16. The van der Waals surface area contributed by atoms with Crippen molar-refractivity contribution < 1.29 is 19.8 Å². The number of aromatic hydroxyl groups is 1. The van der Waals surface area contributed by atoms with Gasteiger partial charge in [0.25, 0.3) is 0 Å². The van der Waals surface area contributed by atoms with Gasteiger partial charge in [0, 0.05) is 29.9 Å². The molecule has 142 valence electrons. The van der Waals surface area contributed by atoms with E-state index in [1.54, 1.807) is 24.3 Å². The van der Waals surface area contributed by atoms with E-state index < -0.39 is 11.8 Å². The number of hydrogen-bond donors (Lipinski definition) is 2. The van der Waals surface area contributed by atoms with Gasteiger partial charge in [0.2, 0.25) is 0 Å². The van der Waals surface area contributed by atoms with Crippen LogP contribution in [0.5, 0.6) is 5.75 Å². The number of carboxylic acid groups (broad SMARTS) is 1. The second-order valence-electron chi connectivity index (χ2n) is 6.96. The average molecular weight is 367 g/mol. The second-order valence-corrected chi connectivity index (χ2v) is 6.96. The molecule has 1 saturated carbocycles. The Balaban J connectivity index is 1.90. The van der Waals surface area contributed by atoms with Gasteiger partial charge in [-0.1, -0.05) is 37.5 Å². The lowest BCUT2D eigenvalue weighted by Gasteiger charge is -2.35. The monoisotopic (exact) mass is 367 g/mol. The molecule has 1 aliphatic rings. The Morgan fingerprint density at radius 3 is 2.26 bits per heavy atom. The highest BCUT2D eigenvalue weighted by molar-refractivity contribution is 6.15. The van der Waals surface area contributed by atoms with Gasteiger partial charge in [-0.05, 0) is 38.0 Å². The van der Waals surface area contributed by atoms with Gasteiger partial charge in [-0.2, -0.15) is 0 Å². The van der Waals surface area contributed by atoms with Crippen molar-refractivity contribution in [3.05, 3.63) is 59.2 Å². The van der Waals surface area contributed by atoms with Crippen LogP contribution in [0, 0.1) is 0 Å². The zero-order chi connectivity index (χ0) is 19.4. The molecule has 1 fully saturated rings. The molecule has 0 aromatic heterocycles. The summed E-state index contributed by atoms with van der Waals surface area (Å²) in [4.78, 5) is 26.5. The van der Waals surface area contributed by atoms with Crippen LogP contribution < -0.4 is 4.90 Å². The molecule has 0 atom stereocenters. The smallest absolute Gasteiger partial charge is 0.336 e. The van der Waals surface area contributed by atoms with Crippen LogP contribution in [-0.2, 0) is 0 Å². The quantitative estimate of drug-likeness (QED) is 0.736. The van der Waals surface area contributed by atoms with Gasteiger partial charge in [-0.3, -0.25) is 4.79 Å². The largest absolute Gasteiger partial charge is 0.507 e. The van der Waals surface area contributed by atoms with E-state index in [-0.39, 0.29) is 22.4 Å². The molecular weight excluding hydrogens is 342 g/mol. The van der Waals surface area contributed by atoms with E-state index in [1.165, 1.54) is 31.4 Å². The Morgan fingerprint density at radius 1 is 1.00 bits per heavy atom. The van der Waals surface area contributed by atoms with Crippen molar-refractivity contribution in [2.24, 2.45) is 0 Å². The molecule has 0 amide bonds. The van der Waals surface area contributed by atoms with Crippen molar-refractivity contribution in [1.29, 1.82) is 0 Å². The van der Waals surface area contributed by atoms with Crippen molar-refractivity contribution in [2.45, 2.75) is 45.1 Å². The molecule has 0 unspecified atom stereocenters. The normalized spacial score (nSPS) is 14.7. The number of ketones is 1. The highest BCUT2D eigenvalue weighted by Crippen LogP contribution is 2.32. The first-order chi connectivity index (χ1) is 13.0. The number of aromatic carboxylic acids is 1. The Labute approximate surface area is 159 Å². The number of carbonyl (C=O) groups excluding carboxylic acids is 1. The third-order valence-corrected chi connectivity index (χ3v) is 5.32. The maximum Gasteiger partial charge on any atom is 0.336 e. The molecule has 0 heterocycles. The predicted octanol–water partition coefficient (Wildman–Crippen LogP) is 4.48. The van der Waals surface area contributed by atoms with E-state index in [0.717, 1.165) is 25.1 Å². The minimum absolute atomic E-state index is 0.0663. The lowest BCUT2D eigenvalue weighted by Crippen LogP contribution is -2.36. The molecule has 0 saturated heterocycles. The average Bonchev–Trinajstić information content (AvgIpc) is 2.69. The fourth-order valence-corrected chi connectivity index (χ4v) is 3.95. The number of phenolic OH excluding ortho intramolecular Hbond substituents is 1. The molecule has 27 heavy (non-hydrogen) atoms. The molecule has 0 bridgehead atoms. The van der Waals surface area contributed by atoms with E-state index in [2.05, 4.69) is 11.8 Å². The van der Waals surface area contributed by atoms with Crippen LogP contribution in [0.1, 0.15) is 65.3 Å². The number of phenols is 1. The molecule has 5 nitrogen and oxygen atoms in total. The maximum absolute atomic E-state index is 12.8. The number of anilines is 1. The lowest BCUT2D eigenvalue weighted by molar-refractivity contribution is 0.0692. The first-order valence-corrected chi connectivity index (χ1v) is 9.49. The summed E-state index contributed by atoms with van der Waals surface area (Å²) in [6, 6.07) is 11.6. The fourth-order valence-electron chi connectivity index (χ4n) is 3.95. The number of nitrogens with zero attached hydrogens (tertiary/aromatic N) is 1. The third-order valence-electron chi connectivity index (χ3n) is 5.32. The van der Waals surface area contributed by atoms with Crippen molar-refractivity contribution in [1.82, 2.24) is 0 Å². The van der Waals surface area contributed by atoms with Crippen molar-refractivity contribution in [2.75, 3.05) is 11.4 Å². The molecule has 1 aliphatic carbocycles. The van der Waals surface area contributed by atoms with E-state index in [0.29, 0.717) is 6.04 Å². The van der Waals surface area contributed by atoms with Crippen molar-refractivity contribution >= 4 is 17.4 Å². The van der Waals surface area contributed by atoms with E-state index in [9.17, 15) is 19.8 Å². The number of rotatable bonds is 6. The van der Waals surface area contributed by atoms with Crippen LogP contribution in [0.15, 0.2) is 42.5 Å². The molecule has 5 heteroatoms. The summed E-state index contributed by atoms with van der Waals surface area (Å²) in [6.07, 6.45) is 5.99. The van der Waals surface area contributed by atoms with E-state index in [1.807, 2.05) is 6.07 Å². The molecule has 2 aromatic carbocycles. The lowest BCUT2D eigenvalue weighted by atomic mass is 9.93. The Bertz CT molecular complexity index is 840. The maximum atomic E-state index is 12.8. The van der Waals surface area contributed by atoms with Crippen LogP contribution in [0.25, 0.3) is 0 Å². The van der Waals surface area contributed by atoms with Gasteiger partial charge >= 0.3 is 5.97 Å². The summed E-state index contributed by atoms with van der Waals surface area (Å²) >= 11 is 0. The zero-order valence-electron chi connectivity index (χ0n) is 15.5. The molecule has 0 spiro atoms. The zero-order valence-corrected chi connectivity index (χ0v) is 15.5. The Kier molecular flexibility index (Phi) is 5.79. The summed E-state index contributed by atoms with van der Waals surface area (Å²) in [5, 5.41) is 19.8. The van der Waals surface area contributed by atoms with Crippen LogP contribution in [0.2, 0.25) is 0 Å². The standard InChI is InChI=1S/C22H25NO4/c1-2-23(15-8-4-3-5-9-15)16-12-13-19(20(24)14-16)21(25)17-10-6-7-11-18(17)22(26)27/h6-7,10-15,24H,2-5,8-9H2,1H3,(H,26,27). The van der Waals surface area contributed by atoms with E-state index >= 15 is 0 Å². The summed E-state index contributed by atoms with van der Waals surface area (Å²) in [7, 11) is 0.